The van der Waals surface area contributed by atoms with Crippen molar-refractivity contribution >= 4 is 40.3 Å². The van der Waals surface area contributed by atoms with Gasteiger partial charge in [-0.05, 0) is 36.8 Å². The van der Waals surface area contributed by atoms with Crippen LogP contribution in [0.15, 0.2) is 54.0 Å². The van der Waals surface area contributed by atoms with Gasteiger partial charge in [0.15, 0.2) is 12.7 Å². The first kappa shape index (κ1) is 31.0. The minimum atomic E-state index is -0.312. The molecule has 7 heteroatoms. The van der Waals surface area contributed by atoms with Gasteiger partial charge >= 0.3 is 6.03 Å². The van der Waals surface area contributed by atoms with E-state index < -0.39 is 0 Å². The number of halogens is 1. The predicted octanol–water partition coefficient (Wildman–Crippen LogP) is 9.77. The highest BCUT2D eigenvalue weighted by Crippen LogP contribution is 2.28. The van der Waals surface area contributed by atoms with Crippen LogP contribution in [-0.2, 0) is 6.54 Å². The summed E-state index contributed by atoms with van der Waals surface area (Å²) < 4.78 is 8.08. The summed E-state index contributed by atoms with van der Waals surface area (Å²) in [7, 11) is 0. The number of rotatable bonds is 18. The van der Waals surface area contributed by atoms with Crippen LogP contribution in [0, 0.1) is 6.92 Å². The lowest BCUT2D eigenvalue weighted by atomic mass is 10.1. The lowest BCUT2D eigenvalue weighted by Gasteiger charge is -2.11. The van der Waals surface area contributed by atoms with E-state index in [4.69, 9.17) is 16.3 Å². The number of benzene rings is 2. The highest BCUT2D eigenvalue weighted by atomic mass is 35.5. The van der Waals surface area contributed by atoms with Crippen LogP contribution < -0.4 is 19.9 Å². The molecule has 0 aliphatic rings. The Bertz CT molecular complexity index is 1130. The Balaban J connectivity index is 1.30. The molecule has 0 saturated carbocycles. The summed E-state index contributed by atoms with van der Waals surface area (Å²) in [6, 6.07) is 12.9. The molecule has 5 nitrogen and oxygen atoms in total. The fraction of sp³-hybridized carbons (Fsp3) is 0.500. The van der Waals surface area contributed by atoms with Crippen LogP contribution in [0.3, 0.4) is 0 Å². The van der Waals surface area contributed by atoms with Gasteiger partial charge < -0.3 is 15.4 Å². The van der Waals surface area contributed by atoms with E-state index >= 15 is 0 Å². The third-order valence-electron chi connectivity index (χ3n) is 6.87. The van der Waals surface area contributed by atoms with Gasteiger partial charge in [0.25, 0.3) is 0 Å². The second kappa shape index (κ2) is 17.9. The normalized spacial score (nSPS) is 10.9. The van der Waals surface area contributed by atoms with Crippen molar-refractivity contribution in [2.24, 2.45) is 0 Å². The first-order valence-corrected chi connectivity index (χ1v) is 15.8. The zero-order valence-corrected chi connectivity index (χ0v) is 25.2. The van der Waals surface area contributed by atoms with Crippen molar-refractivity contribution < 1.29 is 14.1 Å². The first-order chi connectivity index (χ1) is 19.0. The Hall–Kier alpha value is -2.57. The van der Waals surface area contributed by atoms with Crippen LogP contribution in [0.2, 0.25) is 5.02 Å². The number of nitrogens with one attached hydrogen (secondary N) is 2. The molecule has 0 atom stereocenters. The molecule has 0 bridgehead atoms. The van der Waals surface area contributed by atoms with Crippen molar-refractivity contribution in [1.82, 2.24) is 0 Å². The minimum Gasteiger partial charge on any atom is -0.492 e. The number of ether oxygens (including phenoxy) is 1. The average molecular weight is 571 g/mol. The number of aromatic nitrogens is 1. The largest absolute Gasteiger partial charge is 0.492 e. The second-order valence-corrected chi connectivity index (χ2v) is 11.7. The Morgan fingerprint density at radius 2 is 1.51 bits per heavy atom. The van der Waals surface area contributed by atoms with Gasteiger partial charge in [-0.1, -0.05) is 113 Å². The summed E-state index contributed by atoms with van der Waals surface area (Å²) in [6.45, 7) is 5.79. The molecule has 0 aliphatic heterocycles. The highest BCUT2D eigenvalue weighted by molar-refractivity contribution is 7.09. The van der Waals surface area contributed by atoms with Gasteiger partial charge in [-0.2, -0.15) is 4.57 Å². The molecule has 0 aliphatic carbocycles. The van der Waals surface area contributed by atoms with Crippen molar-refractivity contribution in [3.63, 3.8) is 0 Å². The molecule has 0 unspecified atom stereocenters. The van der Waals surface area contributed by atoms with E-state index in [0.29, 0.717) is 23.1 Å². The molecular weight excluding hydrogens is 526 g/mol. The summed E-state index contributed by atoms with van der Waals surface area (Å²) in [4.78, 5) is 12.6. The van der Waals surface area contributed by atoms with Crippen molar-refractivity contribution in [2.45, 2.75) is 97.4 Å². The predicted molar refractivity (Wildman–Crippen MR) is 165 cm³/mol. The number of thiazole rings is 1. The summed E-state index contributed by atoms with van der Waals surface area (Å²) in [6.07, 6.45) is 17.9. The maximum atomic E-state index is 12.6. The number of carbonyl (C=O) groups excluding carboxylic acids is 1. The fourth-order valence-corrected chi connectivity index (χ4v) is 5.50. The third kappa shape index (κ3) is 12.0. The average Bonchev–Trinajstić information content (AvgIpc) is 3.32. The Labute approximate surface area is 243 Å². The Morgan fingerprint density at radius 1 is 0.872 bits per heavy atom. The van der Waals surface area contributed by atoms with Crippen molar-refractivity contribution in [1.29, 1.82) is 0 Å². The molecule has 212 valence electrons. The zero-order valence-electron chi connectivity index (χ0n) is 23.6. The van der Waals surface area contributed by atoms with Crippen molar-refractivity contribution in [3.8, 4) is 5.75 Å². The molecule has 1 aromatic heterocycles. The molecule has 3 aromatic rings. The number of hydrogen-bond acceptors (Lipinski definition) is 3. The second-order valence-electron chi connectivity index (χ2n) is 10.2. The minimum absolute atomic E-state index is 0.312. The van der Waals surface area contributed by atoms with E-state index in [0.717, 1.165) is 24.2 Å². The number of amides is 2. The van der Waals surface area contributed by atoms with Crippen LogP contribution in [0.25, 0.3) is 0 Å². The number of aryl methyl sites for hydroxylation is 1. The number of urea groups is 1. The van der Waals surface area contributed by atoms with Crippen LogP contribution in [0.5, 0.6) is 5.75 Å². The van der Waals surface area contributed by atoms with E-state index in [-0.39, 0.29) is 6.03 Å². The van der Waals surface area contributed by atoms with Gasteiger partial charge in [0.05, 0.1) is 17.0 Å². The van der Waals surface area contributed by atoms with Crippen LogP contribution in [0.1, 0.15) is 94.5 Å². The van der Waals surface area contributed by atoms with E-state index in [9.17, 15) is 4.79 Å². The van der Waals surface area contributed by atoms with E-state index in [1.165, 1.54) is 75.6 Å². The number of unbranched alkanes of at least 4 members (excludes halogenated alkanes) is 11. The monoisotopic (exact) mass is 570 g/mol. The van der Waals surface area contributed by atoms with Crippen molar-refractivity contribution in [2.75, 3.05) is 17.2 Å². The molecule has 2 aromatic carbocycles. The van der Waals surface area contributed by atoms with E-state index in [1.54, 1.807) is 17.4 Å². The van der Waals surface area contributed by atoms with Gasteiger partial charge in [-0.25, -0.2) is 4.79 Å². The number of anilines is 2. The molecule has 0 radical (unpaired) electrons. The molecule has 39 heavy (non-hydrogen) atoms. The quantitative estimate of drug-likeness (QED) is 0.118. The number of carbonyl (C=O) groups is 1. The molecule has 2 amide bonds. The molecule has 0 fully saturated rings. The summed E-state index contributed by atoms with van der Waals surface area (Å²) in [5.41, 5.74) is 2.49. The fourth-order valence-electron chi connectivity index (χ4n) is 4.60. The smallest absolute Gasteiger partial charge is 0.323 e. The lowest BCUT2D eigenvalue weighted by Crippen LogP contribution is -2.34. The maximum absolute atomic E-state index is 12.6. The van der Waals surface area contributed by atoms with Crippen LogP contribution in [0.4, 0.5) is 16.2 Å². The van der Waals surface area contributed by atoms with E-state index in [1.807, 2.05) is 30.3 Å². The topological polar surface area (TPSA) is 54.2 Å². The van der Waals surface area contributed by atoms with Crippen LogP contribution >= 0.6 is 22.9 Å². The number of nitrogens with zero attached hydrogens (tertiary/aromatic N) is 1. The van der Waals surface area contributed by atoms with Crippen LogP contribution in [-0.4, -0.2) is 12.6 Å². The third-order valence-corrected chi connectivity index (χ3v) is 8.00. The molecule has 2 N–H and O–H groups in total. The Morgan fingerprint density at radius 3 is 2.13 bits per heavy atom. The molecule has 3 rings (SSSR count). The van der Waals surface area contributed by atoms with Gasteiger partial charge in [0.2, 0.25) is 5.01 Å². The maximum Gasteiger partial charge on any atom is 0.323 e. The summed E-state index contributed by atoms with van der Waals surface area (Å²) >= 11 is 8.14. The Kier molecular flexibility index (Phi) is 14.2. The molecular formula is C32H45ClN3O2S+. The summed E-state index contributed by atoms with van der Waals surface area (Å²) in [5, 5.41) is 9.58. The molecule has 1 heterocycles. The van der Waals surface area contributed by atoms with Gasteiger partial charge in [0.1, 0.15) is 5.75 Å². The first-order valence-electron chi connectivity index (χ1n) is 14.6. The van der Waals surface area contributed by atoms with Gasteiger partial charge in [-0.15, -0.1) is 0 Å². The standard InChI is InChI=1S/C32H44ClN3O2S/c1-3-4-5-6-7-8-9-10-11-12-13-14-21-38-31-19-18-29(24-30(31)33)35-32(37)34-28-17-15-16-27(23-28)25-36-20-22-39-26(36)2/h15-20,22-24H,3-14,21,25H2,1-2H3,(H-,34,35,37)/p+1. The van der Waals surface area contributed by atoms with Gasteiger partial charge in [-0.3, -0.25) is 0 Å². The molecule has 0 saturated heterocycles. The summed E-state index contributed by atoms with van der Waals surface area (Å²) in [5.74, 6) is 0.652. The molecule has 0 spiro atoms. The van der Waals surface area contributed by atoms with Crippen molar-refractivity contribution in [3.05, 3.63) is 69.6 Å². The van der Waals surface area contributed by atoms with Gasteiger partial charge in [0, 0.05) is 23.9 Å². The zero-order chi connectivity index (χ0) is 27.7. The lowest BCUT2D eigenvalue weighted by molar-refractivity contribution is -0.689. The number of hydrogen-bond donors (Lipinski definition) is 2. The SMILES string of the molecule is CCCCCCCCCCCCCCOc1ccc(NC(=O)Nc2cccc(C[n+]3ccsc3C)c2)cc1Cl. The van der Waals surface area contributed by atoms with E-state index in [2.05, 4.69) is 46.7 Å². The highest BCUT2D eigenvalue weighted by Gasteiger charge is 2.10.